The fraction of sp³-hybridized carbons (Fsp3) is 0.500. The molecule has 4 nitrogen and oxygen atoms in total. The molecule has 4 heteroatoms. The highest BCUT2D eigenvalue weighted by molar-refractivity contribution is 5.94. The van der Waals surface area contributed by atoms with Crippen molar-refractivity contribution in [2.45, 2.75) is 26.3 Å². The smallest absolute Gasteiger partial charge is 0.251 e. The van der Waals surface area contributed by atoms with Gasteiger partial charge in [-0.25, -0.2) is 0 Å². The van der Waals surface area contributed by atoms with Gasteiger partial charge in [-0.3, -0.25) is 4.79 Å². The molecule has 1 fully saturated rings. The molecule has 3 N–H and O–H groups in total. The molecule has 0 bridgehead atoms. The maximum Gasteiger partial charge on any atom is 0.251 e. The van der Waals surface area contributed by atoms with Gasteiger partial charge in [-0.2, -0.15) is 0 Å². The van der Waals surface area contributed by atoms with E-state index in [1.54, 1.807) is 12.1 Å². The van der Waals surface area contributed by atoms with E-state index in [1.165, 1.54) is 6.07 Å². The normalized spacial score (nSPS) is 23.7. The number of benzene rings is 1. The second-order valence-corrected chi connectivity index (χ2v) is 5.17. The van der Waals surface area contributed by atoms with E-state index < -0.39 is 0 Å². The van der Waals surface area contributed by atoms with E-state index in [1.807, 2.05) is 6.92 Å². The Balaban J connectivity index is 2.00. The molecule has 1 aliphatic heterocycles. The topological polar surface area (TPSA) is 61.4 Å². The van der Waals surface area contributed by atoms with Crippen molar-refractivity contribution in [1.29, 1.82) is 0 Å². The lowest BCUT2D eigenvalue weighted by atomic mass is 9.97. The summed E-state index contributed by atoms with van der Waals surface area (Å²) >= 11 is 0. The Labute approximate surface area is 107 Å². The molecule has 98 valence electrons. The summed E-state index contributed by atoms with van der Waals surface area (Å²) in [5, 5.41) is 15.9. The Bertz CT molecular complexity index is 445. The molecule has 0 spiro atoms. The Hall–Kier alpha value is -1.55. The minimum Gasteiger partial charge on any atom is -0.508 e. The first-order valence-electron chi connectivity index (χ1n) is 6.37. The molecule has 2 unspecified atom stereocenters. The number of phenols is 1. The summed E-state index contributed by atoms with van der Waals surface area (Å²) in [5.41, 5.74) is 1.29. The van der Waals surface area contributed by atoms with Gasteiger partial charge in [-0.05, 0) is 43.5 Å². The third-order valence-electron chi connectivity index (χ3n) is 3.38. The van der Waals surface area contributed by atoms with Crippen molar-refractivity contribution in [3.05, 3.63) is 29.3 Å². The summed E-state index contributed by atoms with van der Waals surface area (Å²) in [6.45, 7) is 5.80. The molecule has 1 saturated heterocycles. The summed E-state index contributed by atoms with van der Waals surface area (Å²) in [6, 6.07) is 5.19. The number of nitrogens with one attached hydrogen (secondary N) is 2. The van der Waals surface area contributed by atoms with Crippen molar-refractivity contribution in [3.8, 4) is 5.75 Å². The van der Waals surface area contributed by atoms with Crippen LogP contribution in [-0.2, 0) is 0 Å². The van der Waals surface area contributed by atoms with Crippen molar-refractivity contribution in [3.63, 3.8) is 0 Å². The highest BCUT2D eigenvalue weighted by atomic mass is 16.3. The molecule has 1 aliphatic rings. The van der Waals surface area contributed by atoms with E-state index >= 15 is 0 Å². The van der Waals surface area contributed by atoms with E-state index in [4.69, 9.17) is 0 Å². The van der Waals surface area contributed by atoms with Gasteiger partial charge in [-0.15, -0.1) is 0 Å². The van der Waals surface area contributed by atoms with Gasteiger partial charge in [0.25, 0.3) is 5.91 Å². The minimum atomic E-state index is -0.119. The Morgan fingerprint density at radius 2 is 2.22 bits per heavy atom. The lowest BCUT2D eigenvalue weighted by Crippen LogP contribution is -2.48. The zero-order valence-electron chi connectivity index (χ0n) is 10.9. The lowest BCUT2D eigenvalue weighted by Gasteiger charge is -2.28. The van der Waals surface area contributed by atoms with E-state index in [2.05, 4.69) is 17.6 Å². The van der Waals surface area contributed by atoms with Crippen LogP contribution in [0.1, 0.15) is 29.3 Å². The number of carbonyl (C=O) groups excluding carboxylic acids is 1. The van der Waals surface area contributed by atoms with Crippen LogP contribution in [0.5, 0.6) is 5.75 Å². The second-order valence-electron chi connectivity index (χ2n) is 5.17. The first-order chi connectivity index (χ1) is 8.56. The van der Waals surface area contributed by atoms with Crippen LogP contribution in [0.4, 0.5) is 0 Å². The fourth-order valence-corrected chi connectivity index (χ4v) is 2.29. The van der Waals surface area contributed by atoms with Gasteiger partial charge in [-0.1, -0.05) is 13.0 Å². The van der Waals surface area contributed by atoms with Crippen LogP contribution in [0.15, 0.2) is 18.2 Å². The molecule has 0 aliphatic carbocycles. The number of aryl methyl sites for hydroxylation is 1. The van der Waals surface area contributed by atoms with Gasteiger partial charge in [0.2, 0.25) is 0 Å². The maximum absolute atomic E-state index is 12.0. The molecule has 0 aromatic heterocycles. The molecular formula is C14H20N2O2. The summed E-state index contributed by atoms with van der Waals surface area (Å²) in [7, 11) is 0. The number of piperidine rings is 1. The van der Waals surface area contributed by atoms with Crippen LogP contribution in [0.25, 0.3) is 0 Å². The number of phenolic OH excluding ortho intramolecular Hbond substituents is 1. The second kappa shape index (κ2) is 5.40. The van der Waals surface area contributed by atoms with Crippen molar-refractivity contribution in [1.82, 2.24) is 10.6 Å². The van der Waals surface area contributed by atoms with Gasteiger partial charge < -0.3 is 15.7 Å². The molecule has 2 rings (SSSR count). The monoisotopic (exact) mass is 248 g/mol. The number of hydrogen-bond donors (Lipinski definition) is 3. The SMILES string of the molecule is Cc1ccc(C(=O)NC2CNCC(C)C2)cc1O. The largest absolute Gasteiger partial charge is 0.508 e. The summed E-state index contributed by atoms with van der Waals surface area (Å²) in [4.78, 5) is 12.0. The highest BCUT2D eigenvalue weighted by Gasteiger charge is 2.20. The first kappa shape index (κ1) is 12.9. The number of rotatable bonds is 2. The standard InChI is InChI=1S/C14H20N2O2/c1-9-5-12(8-15-7-9)16-14(18)11-4-3-10(2)13(17)6-11/h3-4,6,9,12,15,17H,5,7-8H2,1-2H3,(H,16,18). The minimum absolute atomic E-state index is 0.119. The summed E-state index contributed by atoms with van der Waals surface area (Å²) in [5.74, 6) is 0.624. The maximum atomic E-state index is 12.0. The highest BCUT2D eigenvalue weighted by Crippen LogP contribution is 2.18. The van der Waals surface area contributed by atoms with Gasteiger partial charge >= 0.3 is 0 Å². The number of hydrogen-bond acceptors (Lipinski definition) is 3. The first-order valence-corrected chi connectivity index (χ1v) is 6.37. The van der Waals surface area contributed by atoms with E-state index in [-0.39, 0.29) is 17.7 Å². The molecule has 1 amide bonds. The van der Waals surface area contributed by atoms with E-state index in [0.29, 0.717) is 11.5 Å². The zero-order chi connectivity index (χ0) is 13.1. The molecule has 0 radical (unpaired) electrons. The molecule has 1 aromatic carbocycles. The molecule has 18 heavy (non-hydrogen) atoms. The van der Waals surface area contributed by atoms with Crippen molar-refractivity contribution in [2.75, 3.05) is 13.1 Å². The van der Waals surface area contributed by atoms with Gasteiger partial charge in [0.1, 0.15) is 5.75 Å². The third-order valence-corrected chi connectivity index (χ3v) is 3.38. The molecule has 1 aromatic rings. The molecular weight excluding hydrogens is 228 g/mol. The molecule has 1 heterocycles. The zero-order valence-corrected chi connectivity index (χ0v) is 10.9. The van der Waals surface area contributed by atoms with Crippen LogP contribution in [-0.4, -0.2) is 30.1 Å². The number of amides is 1. The van der Waals surface area contributed by atoms with E-state index in [0.717, 1.165) is 25.1 Å². The Kier molecular flexibility index (Phi) is 3.87. The Morgan fingerprint density at radius 1 is 1.44 bits per heavy atom. The van der Waals surface area contributed by atoms with E-state index in [9.17, 15) is 9.90 Å². The van der Waals surface area contributed by atoms with Crippen molar-refractivity contribution >= 4 is 5.91 Å². The lowest BCUT2D eigenvalue weighted by molar-refractivity contribution is 0.0925. The van der Waals surface area contributed by atoms with Crippen LogP contribution in [0.3, 0.4) is 0 Å². The summed E-state index contributed by atoms with van der Waals surface area (Å²) < 4.78 is 0. The average molecular weight is 248 g/mol. The molecule has 2 atom stereocenters. The van der Waals surface area contributed by atoms with Crippen LogP contribution >= 0.6 is 0 Å². The van der Waals surface area contributed by atoms with Crippen LogP contribution in [0.2, 0.25) is 0 Å². The summed E-state index contributed by atoms with van der Waals surface area (Å²) in [6.07, 6.45) is 0.997. The average Bonchev–Trinajstić information content (AvgIpc) is 2.32. The third kappa shape index (κ3) is 3.01. The number of aromatic hydroxyl groups is 1. The van der Waals surface area contributed by atoms with Gasteiger partial charge in [0.05, 0.1) is 0 Å². The predicted molar refractivity (Wildman–Crippen MR) is 70.7 cm³/mol. The van der Waals surface area contributed by atoms with Gasteiger partial charge in [0, 0.05) is 18.2 Å². The molecule has 0 saturated carbocycles. The van der Waals surface area contributed by atoms with Crippen molar-refractivity contribution < 1.29 is 9.90 Å². The van der Waals surface area contributed by atoms with Crippen LogP contribution < -0.4 is 10.6 Å². The van der Waals surface area contributed by atoms with Crippen molar-refractivity contribution in [2.24, 2.45) is 5.92 Å². The van der Waals surface area contributed by atoms with Gasteiger partial charge in [0.15, 0.2) is 0 Å². The number of carbonyl (C=O) groups is 1. The Morgan fingerprint density at radius 3 is 2.89 bits per heavy atom. The quantitative estimate of drug-likeness (QED) is 0.742. The predicted octanol–water partition coefficient (Wildman–Crippen LogP) is 1.43. The fourth-order valence-electron chi connectivity index (χ4n) is 2.29. The van der Waals surface area contributed by atoms with Crippen LogP contribution in [0, 0.1) is 12.8 Å².